The van der Waals surface area contributed by atoms with E-state index < -0.39 is 17.8 Å². The summed E-state index contributed by atoms with van der Waals surface area (Å²) < 4.78 is 11.3. The van der Waals surface area contributed by atoms with Gasteiger partial charge in [-0.2, -0.15) is 0 Å². The Labute approximate surface area is 186 Å². The van der Waals surface area contributed by atoms with Crippen molar-refractivity contribution >= 4 is 29.1 Å². The Bertz CT molecular complexity index is 978. The second-order valence-electron chi connectivity index (χ2n) is 7.66. The topological polar surface area (TPSA) is 55.8 Å². The molecule has 1 spiro atoms. The zero-order valence-corrected chi connectivity index (χ0v) is 17.9. The third-order valence-electron chi connectivity index (χ3n) is 5.50. The van der Waals surface area contributed by atoms with Crippen LogP contribution < -0.4 is 0 Å². The van der Waals surface area contributed by atoms with Crippen LogP contribution in [0.5, 0.6) is 0 Å². The number of aryl methyl sites for hydroxylation is 1. The van der Waals surface area contributed by atoms with Crippen LogP contribution in [0.25, 0.3) is 5.57 Å². The van der Waals surface area contributed by atoms with Gasteiger partial charge in [0.25, 0.3) is 0 Å². The number of carbonyl (C=O) groups is 2. The van der Waals surface area contributed by atoms with Gasteiger partial charge in [0.1, 0.15) is 0 Å². The van der Waals surface area contributed by atoms with Gasteiger partial charge in [0, 0.05) is 36.3 Å². The maximum atomic E-state index is 12.2. The Morgan fingerprint density at radius 2 is 1.58 bits per heavy atom. The van der Waals surface area contributed by atoms with E-state index in [2.05, 4.69) is 12.1 Å². The molecule has 0 aromatic heterocycles. The van der Waals surface area contributed by atoms with Crippen LogP contribution in [0.4, 0.5) is 0 Å². The van der Waals surface area contributed by atoms with Crippen LogP contribution in [0.1, 0.15) is 30.4 Å². The minimum absolute atomic E-state index is 0.598. The Kier molecular flexibility index (Phi) is 6.54. The number of esters is 2. The zero-order valence-electron chi connectivity index (χ0n) is 17.1. The number of nitrogens with zero attached hydrogens (tertiary/aromatic N) is 1. The second kappa shape index (κ2) is 9.50. The van der Waals surface area contributed by atoms with Crippen LogP contribution in [0.2, 0.25) is 5.02 Å². The summed E-state index contributed by atoms with van der Waals surface area (Å²) in [5.41, 5.74) is 3.19. The van der Waals surface area contributed by atoms with Gasteiger partial charge in [-0.15, -0.1) is 0 Å². The molecule has 0 fully saturated rings. The molecule has 5 nitrogen and oxygen atoms in total. The number of benzene rings is 2. The number of hydrogen-bond acceptors (Lipinski definition) is 5. The highest BCUT2D eigenvalue weighted by Gasteiger charge is 2.46. The van der Waals surface area contributed by atoms with E-state index in [4.69, 9.17) is 21.1 Å². The number of ether oxygens (including phenoxy) is 2. The first-order valence-electron chi connectivity index (χ1n) is 10.4. The summed E-state index contributed by atoms with van der Waals surface area (Å²) >= 11 is 6.02. The van der Waals surface area contributed by atoms with Crippen LogP contribution in [0.3, 0.4) is 0 Å². The van der Waals surface area contributed by atoms with Gasteiger partial charge >= 0.3 is 17.8 Å². The molecule has 2 aliphatic heterocycles. The zero-order chi connectivity index (χ0) is 21.7. The normalized spacial score (nSPS) is 18.3. The van der Waals surface area contributed by atoms with Crippen LogP contribution in [-0.4, -0.2) is 35.8 Å². The summed E-state index contributed by atoms with van der Waals surface area (Å²) in [6.07, 6.45) is 7.52. The molecule has 4 rings (SSSR count). The van der Waals surface area contributed by atoms with Crippen LogP contribution in [-0.2, 0) is 25.5 Å². The first-order chi connectivity index (χ1) is 15.0. The third-order valence-corrected chi connectivity index (χ3v) is 5.75. The molecule has 0 aliphatic carbocycles. The molecule has 0 saturated carbocycles. The van der Waals surface area contributed by atoms with E-state index in [0.29, 0.717) is 18.1 Å². The van der Waals surface area contributed by atoms with E-state index in [1.165, 1.54) is 5.56 Å². The van der Waals surface area contributed by atoms with Crippen molar-refractivity contribution < 1.29 is 19.1 Å². The van der Waals surface area contributed by atoms with Gasteiger partial charge in [-0.05, 0) is 54.5 Å². The standard InChI is InChI=1S/C25H24ClNO4/c26-22-11-9-20(10-12-22)21-15-17-27(16-5-4-8-19-6-2-1-3-7-19)25(18-21)30-23(28)13-14-24(29)31-25/h1-3,6-7,9-14,18H,4-5,8,15-17H2. The van der Waals surface area contributed by atoms with Crippen molar-refractivity contribution in [3.05, 3.63) is 89.0 Å². The Morgan fingerprint density at radius 3 is 2.26 bits per heavy atom. The largest absolute Gasteiger partial charge is 0.401 e. The summed E-state index contributed by atoms with van der Waals surface area (Å²) in [5, 5.41) is 0.645. The minimum Gasteiger partial charge on any atom is -0.401 e. The van der Waals surface area contributed by atoms with Crippen LogP contribution in [0.15, 0.2) is 72.8 Å². The molecule has 2 aromatic carbocycles. The molecule has 0 amide bonds. The Balaban J connectivity index is 1.53. The first kappa shape index (κ1) is 21.3. The third kappa shape index (κ3) is 5.24. The maximum Gasteiger partial charge on any atom is 0.342 e. The van der Waals surface area contributed by atoms with E-state index >= 15 is 0 Å². The van der Waals surface area contributed by atoms with Gasteiger partial charge in [0.05, 0.1) is 0 Å². The highest BCUT2D eigenvalue weighted by Crippen LogP contribution is 2.35. The van der Waals surface area contributed by atoms with Crippen LogP contribution in [0, 0.1) is 0 Å². The fourth-order valence-corrected chi connectivity index (χ4v) is 4.06. The predicted molar refractivity (Wildman–Crippen MR) is 119 cm³/mol. The van der Waals surface area contributed by atoms with Crippen molar-refractivity contribution in [2.45, 2.75) is 31.6 Å². The molecule has 0 saturated heterocycles. The number of hydrogen-bond donors (Lipinski definition) is 0. The quantitative estimate of drug-likeness (QED) is 0.481. The van der Waals surface area contributed by atoms with Gasteiger partial charge in [-0.3, -0.25) is 0 Å². The lowest BCUT2D eigenvalue weighted by atomic mass is 9.97. The summed E-state index contributed by atoms with van der Waals surface area (Å²) in [5.74, 6) is -2.75. The van der Waals surface area contributed by atoms with Crippen molar-refractivity contribution in [3.63, 3.8) is 0 Å². The summed E-state index contributed by atoms with van der Waals surface area (Å²) in [7, 11) is 0. The fourth-order valence-electron chi connectivity index (χ4n) is 3.93. The molecule has 0 bridgehead atoms. The van der Waals surface area contributed by atoms with Crippen molar-refractivity contribution in [1.29, 1.82) is 0 Å². The summed E-state index contributed by atoms with van der Waals surface area (Å²) in [6, 6.07) is 17.8. The van der Waals surface area contributed by atoms with Crippen molar-refractivity contribution in [2.75, 3.05) is 13.1 Å². The summed E-state index contributed by atoms with van der Waals surface area (Å²) in [4.78, 5) is 26.4. The van der Waals surface area contributed by atoms with E-state index in [9.17, 15) is 9.59 Å². The highest BCUT2D eigenvalue weighted by molar-refractivity contribution is 6.30. The van der Waals surface area contributed by atoms with E-state index in [1.54, 1.807) is 6.08 Å². The molecule has 0 unspecified atom stereocenters. The monoisotopic (exact) mass is 437 g/mol. The fraction of sp³-hybridized carbons (Fsp3) is 0.280. The number of unbranched alkanes of at least 4 members (excludes halogenated alkanes) is 1. The lowest BCUT2D eigenvalue weighted by Crippen LogP contribution is -2.55. The van der Waals surface area contributed by atoms with Crippen LogP contribution >= 0.6 is 11.6 Å². The van der Waals surface area contributed by atoms with Gasteiger partial charge in [0.2, 0.25) is 0 Å². The Morgan fingerprint density at radius 1 is 0.903 bits per heavy atom. The molecule has 0 radical (unpaired) electrons. The van der Waals surface area contributed by atoms with E-state index in [-0.39, 0.29) is 0 Å². The van der Waals surface area contributed by atoms with Gasteiger partial charge < -0.3 is 9.47 Å². The molecular formula is C25H24ClNO4. The molecule has 2 aliphatic rings. The van der Waals surface area contributed by atoms with Crippen molar-refractivity contribution in [1.82, 2.24) is 4.90 Å². The van der Waals surface area contributed by atoms with Crippen molar-refractivity contribution in [3.8, 4) is 0 Å². The molecule has 0 atom stereocenters. The van der Waals surface area contributed by atoms with E-state index in [1.807, 2.05) is 47.4 Å². The lowest BCUT2D eigenvalue weighted by molar-refractivity contribution is -0.257. The maximum absolute atomic E-state index is 12.2. The number of rotatable bonds is 6. The molecule has 2 aromatic rings. The van der Waals surface area contributed by atoms with Gasteiger partial charge in [0.15, 0.2) is 0 Å². The SMILES string of the molecule is O=C1C=CC(=O)OC2(C=C(c3ccc(Cl)cc3)CCN2CCCCc2ccccc2)O1. The second-order valence-corrected chi connectivity index (χ2v) is 8.10. The number of carbonyl (C=O) groups excluding carboxylic acids is 2. The molecule has 6 heteroatoms. The molecule has 160 valence electrons. The average Bonchev–Trinajstić information content (AvgIpc) is 2.91. The average molecular weight is 438 g/mol. The van der Waals surface area contributed by atoms with Gasteiger partial charge in [-0.25, -0.2) is 14.5 Å². The smallest absolute Gasteiger partial charge is 0.342 e. The molecule has 0 N–H and O–H groups in total. The van der Waals surface area contributed by atoms with E-state index in [0.717, 1.165) is 49.0 Å². The minimum atomic E-state index is -1.54. The molecule has 31 heavy (non-hydrogen) atoms. The molecule has 2 heterocycles. The highest BCUT2D eigenvalue weighted by atomic mass is 35.5. The van der Waals surface area contributed by atoms with Gasteiger partial charge in [-0.1, -0.05) is 54.1 Å². The number of halogens is 1. The van der Waals surface area contributed by atoms with Crippen molar-refractivity contribution in [2.24, 2.45) is 0 Å². The Hall–Kier alpha value is -2.89. The lowest BCUT2D eigenvalue weighted by Gasteiger charge is -2.42. The first-order valence-corrected chi connectivity index (χ1v) is 10.8. The summed E-state index contributed by atoms with van der Waals surface area (Å²) in [6.45, 7) is 1.23. The molecular weight excluding hydrogens is 414 g/mol. The predicted octanol–water partition coefficient (Wildman–Crippen LogP) is 4.76.